The van der Waals surface area contributed by atoms with Crippen LogP contribution in [0.5, 0.6) is 0 Å². The Labute approximate surface area is 476 Å². The average Bonchev–Trinajstić information content (AvgIpc) is 3.40. The number of unbranched alkanes of at least 4 members (excludes halogenated alkanes) is 38. The van der Waals surface area contributed by atoms with Crippen LogP contribution in [-0.4, -0.2) is 87.4 Å². The number of carboxylic acid groups (broad SMARTS) is 1. The molecule has 0 heterocycles. The van der Waals surface area contributed by atoms with Gasteiger partial charge in [-0.2, -0.15) is 0 Å². The number of esters is 2. The lowest BCUT2D eigenvalue weighted by Crippen LogP contribution is -2.40. The van der Waals surface area contributed by atoms with Crippen LogP contribution in [0.4, 0.5) is 0 Å². The molecule has 0 bridgehead atoms. The Kier molecular flexibility index (Phi) is 57.3. The second kappa shape index (κ2) is 59.4. The standard InChI is InChI=1S/C68H125NO8/c1-6-8-10-12-14-16-18-20-22-24-26-28-29-30-31-32-33-34-35-36-37-39-40-42-44-46-48-50-52-54-56-58-65(70)75-62-64(63-76-68(67(72)73)74-61-60-69(3,4)5)77-66(71)59-57-55-53-51-49-47-45-43-41-38-27-25-23-21-19-17-15-13-11-9-7-2/h9,11,15,17,21,23,27,38,64,68H,6-8,10,12-14,16,18-20,22,24-26,28-37,39-63H2,1-5H3/p+1/b11-9-,17-15-,23-21-,38-27-. The monoisotopic (exact) mass is 1080 g/mol. The zero-order valence-electron chi connectivity index (χ0n) is 51.4. The normalized spacial score (nSPS) is 13.0. The third kappa shape index (κ3) is 60.7. The first-order valence-electron chi connectivity index (χ1n) is 32.8. The van der Waals surface area contributed by atoms with Crippen LogP contribution in [-0.2, 0) is 33.3 Å². The maximum Gasteiger partial charge on any atom is 0.361 e. The molecule has 9 heteroatoms. The van der Waals surface area contributed by atoms with Gasteiger partial charge in [0.05, 0.1) is 34.4 Å². The second-order valence-electron chi connectivity index (χ2n) is 23.4. The number of rotatable bonds is 61. The lowest BCUT2D eigenvalue weighted by Gasteiger charge is -2.25. The third-order valence-corrected chi connectivity index (χ3v) is 14.6. The summed E-state index contributed by atoms with van der Waals surface area (Å²) in [6.45, 7) is 4.80. The van der Waals surface area contributed by atoms with Crippen LogP contribution in [0.3, 0.4) is 0 Å². The van der Waals surface area contributed by atoms with Gasteiger partial charge in [0.25, 0.3) is 6.29 Å². The summed E-state index contributed by atoms with van der Waals surface area (Å²) >= 11 is 0. The molecule has 0 amide bonds. The van der Waals surface area contributed by atoms with Crippen molar-refractivity contribution in [1.29, 1.82) is 0 Å². The van der Waals surface area contributed by atoms with E-state index in [1.165, 1.54) is 205 Å². The minimum atomic E-state index is -1.51. The molecule has 2 unspecified atom stereocenters. The fraction of sp³-hybridized carbons (Fsp3) is 0.838. The van der Waals surface area contributed by atoms with E-state index < -0.39 is 24.3 Å². The minimum absolute atomic E-state index is 0.183. The Morgan fingerprint density at radius 3 is 1.10 bits per heavy atom. The molecule has 0 aromatic carbocycles. The van der Waals surface area contributed by atoms with Crippen molar-refractivity contribution in [1.82, 2.24) is 0 Å². The van der Waals surface area contributed by atoms with Crippen molar-refractivity contribution in [3.05, 3.63) is 48.6 Å². The van der Waals surface area contributed by atoms with E-state index in [0.29, 0.717) is 23.9 Å². The number of allylic oxidation sites excluding steroid dienone is 8. The molecule has 9 nitrogen and oxygen atoms in total. The fourth-order valence-electron chi connectivity index (χ4n) is 9.60. The summed E-state index contributed by atoms with van der Waals surface area (Å²) in [5, 5.41) is 9.72. The van der Waals surface area contributed by atoms with Crippen molar-refractivity contribution in [3.8, 4) is 0 Å². The van der Waals surface area contributed by atoms with Crippen LogP contribution >= 0.6 is 0 Å². The Bertz CT molecular complexity index is 1400. The maximum absolute atomic E-state index is 12.9. The molecule has 77 heavy (non-hydrogen) atoms. The highest BCUT2D eigenvalue weighted by atomic mass is 16.7. The number of carbonyl (C=O) groups excluding carboxylic acids is 2. The maximum atomic E-state index is 12.9. The number of likely N-dealkylation sites (N-methyl/N-ethyl adjacent to an activating group) is 1. The molecule has 0 saturated heterocycles. The van der Waals surface area contributed by atoms with Gasteiger partial charge in [-0.25, -0.2) is 4.79 Å². The number of carbonyl (C=O) groups is 3. The van der Waals surface area contributed by atoms with Gasteiger partial charge in [-0.05, 0) is 51.4 Å². The quantitative estimate of drug-likeness (QED) is 0.0211. The predicted molar refractivity (Wildman–Crippen MR) is 327 cm³/mol. The van der Waals surface area contributed by atoms with Gasteiger partial charge in [0, 0.05) is 12.8 Å². The Balaban J connectivity index is 4.09. The lowest BCUT2D eigenvalue weighted by atomic mass is 10.0. The van der Waals surface area contributed by atoms with Crippen LogP contribution in [0.1, 0.15) is 309 Å². The van der Waals surface area contributed by atoms with E-state index >= 15 is 0 Å². The van der Waals surface area contributed by atoms with Crippen LogP contribution in [0, 0.1) is 0 Å². The molecule has 450 valence electrons. The zero-order chi connectivity index (χ0) is 56.2. The Morgan fingerprint density at radius 1 is 0.403 bits per heavy atom. The van der Waals surface area contributed by atoms with Gasteiger partial charge in [-0.3, -0.25) is 9.59 Å². The molecule has 0 aromatic heterocycles. The molecular formula is C68H126NO8+. The van der Waals surface area contributed by atoms with E-state index in [2.05, 4.69) is 62.5 Å². The van der Waals surface area contributed by atoms with E-state index in [0.717, 1.165) is 70.6 Å². The highest BCUT2D eigenvalue weighted by Gasteiger charge is 2.25. The van der Waals surface area contributed by atoms with Crippen LogP contribution < -0.4 is 0 Å². The summed E-state index contributed by atoms with van der Waals surface area (Å²) in [6, 6.07) is 0. The molecule has 0 fully saturated rings. The number of hydrogen-bond donors (Lipinski definition) is 1. The SMILES string of the molecule is CC/C=C\C/C=C\C/C=C\C/C=C\CCCCCCCCCCC(=O)OC(COC(=O)CCCCCCCCCCCCCCCCCCCCCCCCCCCCCCCCC)COC(OCC[N+](C)(C)C)C(=O)O. The van der Waals surface area contributed by atoms with Crippen LogP contribution in [0.2, 0.25) is 0 Å². The first kappa shape index (κ1) is 74.2. The third-order valence-electron chi connectivity index (χ3n) is 14.6. The summed E-state index contributed by atoms with van der Waals surface area (Å²) in [6.07, 6.45) is 72.2. The summed E-state index contributed by atoms with van der Waals surface area (Å²) < 4.78 is 22.9. The van der Waals surface area contributed by atoms with Gasteiger partial charge in [0.2, 0.25) is 0 Å². The molecule has 0 radical (unpaired) electrons. The number of quaternary nitrogens is 1. The fourth-order valence-corrected chi connectivity index (χ4v) is 9.60. The van der Waals surface area contributed by atoms with Gasteiger partial charge < -0.3 is 28.5 Å². The van der Waals surface area contributed by atoms with E-state index in [1.807, 2.05) is 21.1 Å². The van der Waals surface area contributed by atoms with Crippen molar-refractivity contribution in [2.75, 3.05) is 47.5 Å². The van der Waals surface area contributed by atoms with E-state index in [4.69, 9.17) is 18.9 Å². The molecule has 0 aromatic rings. The van der Waals surface area contributed by atoms with Crippen LogP contribution in [0.25, 0.3) is 0 Å². The molecule has 2 atom stereocenters. The van der Waals surface area contributed by atoms with Crippen molar-refractivity contribution in [3.63, 3.8) is 0 Å². The summed E-state index contributed by atoms with van der Waals surface area (Å²) in [4.78, 5) is 37.5. The van der Waals surface area contributed by atoms with Gasteiger partial charge >= 0.3 is 17.9 Å². The smallest absolute Gasteiger partial charge is 0.361 e. The lowest BCUT2D eigenvalue weighted by molar-refractivity contribution is -0.870. The van der Waals surface area contributed by atoms with Gasteiger partial charge in [0.1, 0.15) is 13.2 Å². The van der Waals surface area contributed by atoms with Gasteiger partial charge in [0.15, 0.2) is 6.10 Å². The van der Waals surface area contributed by atoms with E-state index in [-0.39, 0.29) is 32.2 Å². The average molecular weight is 1090 g/mol. The first-order chi connectivity index (χ1) is 37.6. The number of hydrogen-bond acceptors (Lipinski definition) is 7. The second-order valence-corrected chi connectivity index (χ2v) is 23.4. The van der Waals surface area contributed by atoms with E-state index in [1.54, 1.807) is 0 Å². The number of ether oxygens (including phenoxy) is 4. The number of carboxylic acids is 1. The Hall–Kier alpha value is -2.75. The van der Waals surface area contributed by atoms with E-state index in [9.17, 15) is 19.5 Å². The molecule has 0 saturated carbocycles. The molecule has 1 N–H and O–H groups in total. The topological polar surface area (TPSA) is 108 Å². The van der Waals surface area contributed by atoms with Crippen molar-refractivity contribution < 1.29 is 42.9 Å². The molecule has 0 aliphatic heterocycles. The van der Waals surface area contributed by atoms with Crippen LogP contribution in [0.15, 0.2) is 48.6 Å². The largest absolute Gasteiger partial charge is 0.477 e. The van der Waals surface area contributed by atoms with Gasteiger partial charge in [-0.15, -0.1) is 0 Å². The Morgan fingerprint density at radius 2 is 0.740 bits per heavy atom. The van der Waals surface area contributed by atoms with Crippen molar-refractivity contribution in [2.45, 2.75) is 322 Å². The molecular weight excluding hydrogens is 959 g/mol. The zero-order valence-corrected chi connectivity index (χ0v) is 51.4. The summed E-state index contributed by atoms with van der Waals surface area (Å²) in [7, 11) is 5.98. The highest BCUT2D eigenvalue weighted by Crippen LogP contribution is 2.18. The minimum Gasteiger partial charge on any atom is -0.477 e. The van der Waals surface area contributed by atoms with Crippen molar-refractivity contribution >= 4 is 17.9 Å². The molecule has 0 aliphatic rings. The number of aliphatic carboxylic acids is 1. The molecule has 0 aliphatic carbocycles. The van der Waals surface area contributed by atoms with Crippen molar-refractivity contribution in [2.24, 2.45) is 0 Å². The predicted octanol–water partition coefficient (Wildman–Crippen LogP) is 19.8. The summed E-state index contributed by atoms with van der Waals surface area (Å²) in [5.41, 5.74) is 0. The molecule has 0 spiro atoms. The summed E-state index contributed by atoms with van der Waals surface area (Å²) in [5.74, 6) is -2.00. The number of nitrogens with zero attached hydrogens (tertiary/aromatic N) is 1. The van der Waals surface area contributed by atoms with Gasteiger partial charge in [-0.1, -0.05) is 294 Å². The highest BCUT2D eigenvalue weighted by molar-refractivity contribution is 5.71. The first-order valence-corrected chi connectivity index (χ1v) is 32.8. The molecule has 0 rings (SSSR count).